The van der Waals surface area contributed by atoms with E-state index < -0.39 is 0 Å². The molecule has 1 heterocycles. The smallest absolute Gasteiger partial charge is 0.190 e. The largest absolute Gasteiger partial charge is 0.355 e. The number of pyridine rings is 1. The summed E-state index contributed by atoms with van der Waals surface area (Å²) in [7, 11) is 0. The van der Waals surface area contributed by atoms with Crippen LogP contribution in [0.1, 0.15) is 11.3 Å². The highest BCUT2D eigenvalue weighted by atomic mass is 35.5. The molecule has 4 rings (SSSR count). The van der Waals surface area contributed by atoms with Crippen LogP contribution in [0.4, 0.5) is 0 Å². The minimum Gasteiger partial charge on any atom is -0.355 e. The van der Waals surface area contributed by atoms with Gasteiger partial charge in [-0.2, -0.15) is 0 Å². The Hall–Kier alpha value is -2.84. The van der Waals surface area contributed by atoms with Crippen LogP contribution in [0.15, 0.2) is 71.5 Å². The van der Waals surface area contributed by atoms with Crippen molar-refractivity contribution >= 4 is 45.4 Å². The molecule has 0 radical (unpaired) electrons. The summed E-state index contributed by atoms with van der Waals surface area (Å²) < 4.78 is 0. The first-order chi connectivity index (χ1) is 11.7. The third-order valence-corrected chi connectivity index (χ3v) is 4.28. The number of hydrogen-bond acceptors (Lipinski definition) is 1. The summed E-state index contributed by atoms with van der Waals surface area (Å²) in [5.41, 5.74) is 2.60. The fourth-order valence-electron chi connectivity index (χ4n) is 2.83. The van der Waals surface area contributed by atoms with E-state index in [4.69, 9.17) is 11.6 Å². The van der Waals surface area contributed by atoms with Crippen LogP contribution < -0.4 is 5.43 Å². The second-order valence-corrected chi connectivity index (χ2v) is 6.16. The van der Waals surface area contributed by atoms with Gasteiger partial charge in [0, 0.05) is 27.7 Å². The molecule has 0 aliphatic rings. The van der Waals surface area contributed by atoms with Gasteiger partial charge in [0.05, 0.1) is 0 Å². The SMILES string of the molecule is O=c1cc(/C=C/c2ccc3ccccc3c2)[nH]c2ccc(Cl)cc12. The minimum absolute atomic E-state index is 0.0376. The Morgan fingerprint density at radius 1 is 0.833 bits per heavy atom. The molecule has 1 aromatic heterocycles. The first-order valence-corrected chi connectivity index (χ1v) is 8.06. The third kappa shape index (κ3) is 2.84. The van der Waals surface area contributed by atoms with E-state index in [1.807, 2.05) is 30.4 Å². The molecule has 116 valence electrons. The molecule has 0 unspecified atom stereocenters. The van der Waals surface area contributed by atoms with Gasteiger partial charge in [-0.3, -0.25) is 4.79 Å². The molecule has 3 aromatic carbocycles. The number of aromatic nitrogens is 1. The van der Waals surface area contributed by atoms with Gasteiger partial charge in [-0.15, -0.1) is 0 Å². The highest BCUT2D eigenvalue weighted by Crippen LogP contribution is 2.18. The van der Waals surface area contributed by atoms with E-state index in [9.17, 15) is 4.79 Å². The third-order valence-electron chi connectivity index (χ3n) is 4.04. The zero-order chi connectivity index (χ0) is 16.5. The van der Waals surface area contributed by atoms with Crippen LogP contribution in [0.5, 0.6) is 0 Å². The molecule has 2 nitrogen and oxygen atoms in total. The van der Waals surface area contributed by atoms with Crippen molar-refractivity contribution in [1.29, 1.82) is 0 Å². The van der Waals surface area contributed by atoms with E-state index >= 15 is 0 Å². The van der Waals surface area contributed by atoms with Crippen molar-refractivity contribution in [3.05, 3.63) is 93.2 Å². The summed E-state index contributed by atoms with van der Waals surface area (Å²) in [4.78, 5) is 15.5. The second kappa shape index (κ2) is 5.99. The normalized spacial score (nSPS) is 11.5. The fourth-order valence-corrected chi connectivity index (χ4v) is 3.00. The molecule has 24 heavy (non-hydrogen) atoms. The fraction of sp³-hybridized carbons (Fsp3) is 0. The zero-order valence-electron chi connectivity index (χ0n) is 12.8. The van der Waals surface area contributed by atoms with Gasteiger partial charge in [0.2, 0.25) is 0 Å². The van der Waals surface area contributed by atoms with Crippen molar-refractivity contribution in [2.45, 2.75) is 0 Å². The average molecular weight is 332 g/mol. The molecular weight excluding hydrogens is 318 g/mol. The maximum Gasteiger partial charge on any atom is 0.190 e. The standard InChI is InChI=1S/C21H14ClNO/c22-17-8-10-20-19(12-17)21(24)13-18(23-20)9-6-14-5-7-15-3-1-2-4-16(15)11-14/h1-13H,(H,23,24)/b9-6+. The van der Waals surface area contributed by atoms with Gasteiger partial charge in [-0.1, -0.05) is 54.1 Å². The quantitative estimate of drug-likeness (QED) is 0.516. The van der Waals surface area contributed by atoms with Crippen molar-refractivity contribution < 1.29 is 0 Å². The predicted octanol–water partition coefficient (Wildman–Crippen LogP) is 5.51. The van der Waals surface area contributed by atoms with Gasteiger partial charge in [-0.05, 0) is 46.7 Å². The number of hydrogen-bond donors (Lipinski definition) is 1. The molecule has 0 aliphatic carbocycles. The molecular formula is C21H14ClNO. The lowest BCUT2D eigenvalue weighted by atomic mass is 10.1. The Kier molecular flexibility index (Phi) is 3.68. The van der Waals surface area contributed by atoms with Gasteiger partial charge in [0.1, 0.15) is 0 Å². The van der Waals surface area contributed by atoms with E-state index in [2.05, 4.69) is 35.3 Å². The summed E-state index contributed by atoms with van der Waals surface area (Å²) in [5, 5.41) is 3.57. The molecule has 0 fully saturated rings. The molecule has 0 amide bonds. The highest BCUT2D eigenvalue weighted by Gasteiger charge is 2.01. The number of aromatic amines is 1. The van der Waals surface area contributed by atoms with Crippen molar-refractivity contribution in [2.24, 2.45) is 0 Å². The van der Waals surface area contributed by atoms with E-state index in [0.29, 0.717) is 10.4 Å². The van der Waals surface area contributed by atoms with Gasteiger partial charge >= 0.3 is 0 Å². The predicted molar refractivity (Wildman–Crippen MR) is 102 cm³/mol. The number of rotatable bonds is 2. The lowest BCUT2D eigenvalue weighted by Crippen LogP contribution is -2.02. The van der Waals surface area contributed by atoms with Crippen LogP contribution >= 0.6 is 11.6 Å². The van der Waals surface area contributed by atoms with Crippen molar-refractivity contribution in [3.63, 3.8) is 0 Å². The van der Waals surface area contributed by atoms with Gasteiger partial charge in [0.15, 0.2) is 5.43 Å². The molecule has 0 saturated carbocycles. The summed E-state index contributed by atoms with van der Waals surface area (Å²) in [6, 6.07) is 21.4. The van der Waals surface area contributed by atoms with Crippen LogP contribution in [0, 0.1) is 0 Å². The van der Waals surface area contributed by atoms with Crippen molar-refractivity contribution in [3.8, 4) is 0 Å². The first kappa shape index (κ1) is 14.7. The Balaban J connectivity index is 1.73. The Bertz CT molecular complexity index is 1140. The number of H-pyrrole nitrogens is 1. The van der Waals surface area contributed by atoms with Gasteiger partial charge < -0.3 is 4.98 Å². The molecule has 3 heteroatoms. The van der Waals surface area contributed by atoms with Gasteiger partial charge in [-0.25, -0.2) is 0 Å². The summed E-state index contributed by atoms with van der Waals surface area (Å²) in [5.74, 6) is 0. The Morgan fingerprint density at radius 3 is 2.54 bits per heavy atom. The van der Waals surface area contributed by atoms with E-state index in [1.54, 1.807) is 18.2 Å². The minimum atomic E-state index is -0.0376. The summed E-state index contributed by atoms with van der Waals surface area (Å²) in [6.45, 7) is 0. The number of halogens is 1. The lowest BCUT2D eigenvalue weighted by Gasteiger charge is -2.02. The number of benzene rings is 3. The van der Waals surface area contributed by atoms with Crippen LogP contribution in [-0.4, -0.2) is 4.98 Å². The molecule has 1 N–H and O–H groups in total. The molecule has 0 atom stereocenters. The zero-order valence-corrected chi connectivity index (χ0v) is 13.5. The van der Waals surface area contributed by atoms with E-state index in [0.717, 1.165) is 16.8 Å². The first-order valence-electron chi connectivity index (χ1n) is 7.68. The van der Waals surface area contributed by atoms with Crippen LogP contribution in [0.25, 0.3) is 33.8 Å². The summed E-state index contributed by atoms with van der Waals surface area (Å²) >= 11 is 5.95. The molecule has 0 spiro atoms. The van der Waals surface area contributed by atoms with Crippen molar-refractivity contribution in [1.82, 2.24) is 4.98 Å². The van der Waals surface area contributed by atoms with Gasteiger partial charge in [0.25, 0.3) is 0 Å². The lowest BCUT2D eigenvalue weighted by molar-refractivity contribution is 1.35. The molecule has 4 aromatic rings. The maximum absolute atomic E-state index is 12.2. The van der Waals surface area contributed by atoms with E-state index in [1.165, 1.54) is 10.8 Å². The molecule has 0 aliphatic heterocycles. The highest BCUT2D eigenvalue weighted by molar-refractivity contribution is 6.31. The molecule has 0 saturated heterocycles. The Morgan fingerprint density at radius 2 is 1.67 bits per heavy atom. The summed E-state index contributed by atoms with van der Waals surface area (Å²) in [6.07, 6.45) is 3.92. The molecule has 0 bridgehead atoms. The maximum atomic E-state index is 12.2. The average Bonchev–Trinajstić information content (AvgIpc) is 2.60. The number of nitrogens with one attached hydrogen (secondary N) is 1. The second-order valence-electron chi connectivity index (χ2n) is 5.72. The van der Waals surface area contributed by atoms with Crippen molar-refractivity contribution in [2.75, 3.05) is 0 Å². The van der Waals surface area contributed by atoms with Crippen LogP contribution in [0.3, 0.4) is 0 Å². The number of fused-ring (bicyclic) bond motifs is 2. The van der Waals surface area contributed by atoms with E-state index in [-0.39, 0.29) is 5.43 Å². The van der Waals surface area contributed by atoms with Crippen LogP contribution in [-0.2, 0) is 0 Å². The monoisotopic (exact) mass is 331 g/mol. The van der Waals surface area contributed by atoms with Crippen LogP contribution in [0.2, 0.25) is 5.02 Å². The topological polar surface area (TPSA) is 32.9 Å². The Labute approximate surface area is 144 Å².